The molecule has 0 spiro atoms. The fourth-order valence-corrected chi connectivity index (χ4v) is 2.05. The summed E-state index contributed by atoms with van der Waals surface area (Å²) in [6.07, 6.45) is 4.90. The van der Waals surface area contributed by atoms with Gasteiger partial charge in [-0.3, -0.25) is 9.59 Å². The molecule has 0 aromatic carbocycles. The largest absolute Gasteiger partial charge is 0.460 e. The summed E-state index contributed by atoms with van der Waals surface area (Å²) in [4.78, 5) is 21.9. The van der Waals surface area contributed by atoms with E-state index in [1.807, 2.05) is 0 Å². The van der Waals surface area contributed by atoms with Gasteiger partial charge < -0.3 is 10.1 Å². The second-order valence-electron chi connectivity index (χ2n) is 4.09. The Morgan fingerprint density at radius 3 is 2.40 bits per heavy atom. The number of hydrogen-bond donors (Lipinski definition) is 1. The molecule has 0 saturated heterocycles. The molecule has 1 amide bonds. The molecule has 1 saturated carbocycles. The molecule has 4 heteroatoms. The predicted octanol–water partition coefficient (Wildman–Crippen LogP) is 1.39. The first-order valence-electron chi connectivity index (χ1n) is 5.54. The molecule has 1 fully saturated rings. The average molecular weight is 213 g/mol. The Bertz CT molecular complexity index is 216. The van der Waals surface area contributed by atoms with Crippen molar-refractivity contribution in [3.8, 4) is 0 Å². The van der Waals surface area contributed by atoms with E-state index in [4.69, 9.17) is 4.74 Å². The Hall–Kier alpha value is -1.06. The van der Waals surface area contributed by atoms with Crippen LogP contribution in [0.3, 0.4) is 0 Å². The van der Waals surface area contributed by atoms with Gasteiger partial charge in [-0.05, 0) is 19.3 Å². The summed E-state index contributed by atoms with van der Waals surface area (Å²) in [5.41, 5.74) is 0. The SMILES string of the molecule is CC(=O)N[C@H]1CCCCC[C@@H]1OC(C)=O. The molecule has 0 unspecified atom stereocenters. The fraction of sp³-hybridized carbons (Fsp3) is 0.818. The van der Waals surface area contributed by atoms with Crippen molar-refractivity contribution in [3.63, 3.8) is 0 Å². The zero-order chi connectivity index (χ0) is 11.3. The third-order valence-corrected chi connectivity index (χ3v) is 2.66. The predicted molar refractivity (Wildman–Crippen MR) is 56.2 cm³/mol. The normalized spacial score (nSPS) is 26.5. The van der Waals surface area contributed by atoms with Crippen LogP contribution in [0.25, 0.3) is 0 Å². The van der Waals surface area contributed by atoms with Gasteiger partial charge in [-0.25, -0.2) is 0 Å². The average Bonchev–Trinajstić information content (AvgIpc) is 2.30. The van der Waals surface area contributed by atoms with Gasteiger partial charge in [0.1, 0.15) is 6.10 Å². The van der Waals surface area contributed by atoms with Gasteiger partial charge >= 0.3 is 5.97 Å². The third-order valence-electron chi connectivity index (χ3n) is 2.66. The molecule has 4 nitrogen and oxygen atoms in total. The molecule has 0 aromatic heterocycles. The van der Waals surface area contributed by atoms with Crippen LogP contribution in [0.4, 0.5) is 0 Å². The van der Waals surface area contributed by atoms with Gasteiger partial charge in [0.2, 0.25) is 5.91 Å². The van der Waals surface area contributed by atoms with Gasteiger partial charge in [0.05, 0.1) is 6.04 Å². The molecule has 15 heavy (non-hydrogen) atoms. The Balaban J connectivity index is 2.58. The molecule has 1 rings (SSSR count). The van der Waals surface area contributed by atoms with E-state index < -0.39 is 0 Å². The zero-order valence-electron chi connectivity index (χ0n) is 9.41. The number of carbonyl (C=O) groups excluding carboxylic acids is 2. The highest BCUT2D eigenvalue weighted by molar-refractivity contribution is 5.73. The van der Waals surface area contributed by atoms with Crippen molar-refractivity contribution < 1.29 is 14.3 Å². The molecule has 2 atom stereocenters. The van der Waals surface area contributed by atoms with Crippen molar-refractivity contribution >= 4 is 11.9 Å². The molecule has 0 bridgehead atoms. The van der Waals surface area contributed by atoms with Crippen LogP contribution < -0.4 is 5.32 Å². The minimum Gasteiger partial charge on any atom is -0.460 e. The second kappa shape index (κ2) is 5.73. The summed E-state index contributed by atoms with van der Waals surface area (Å²) in [6, 6.07) is -0.00565. The smallest absolute Gasteiger partial charge is 0.302 e. The number of carbonyl (C=O) groups is 2. The van der Waals surface area contributed by atoms with Crippen LogP contribution in [0, 0.1) is 0 Å². The summed E-state index contributed by atoms with van der Waals surface area (Å²) in [5, 5.41) is 2.86. The van der Waals surface area contributed by atoms with Crippen molar-refractivity contribution in [2.24, 2.45) is 0 Å². The van der Waals surface area contributed by atoms with Crippen molar-refractivity contribution in [1.82, 2.24) is 5.32 Å². The van der Waals surface area contributed by atoms with E-state index in [2.05, 4.69) is 5.32 Å². The Labute approximate surface area is 90.4 Å². The van der Waals surface area contributed by atoms with E-state index in [9.17, 15) is 9.59 Å². The van der Waals surface area contributed by atoms with Crippen LogP contribution in [-0.2, 0) is 14.3 Å². The summed E-state index contributed by atoms with van der Waals surface area (Å²) in [6.45, 7) is 2.91. The highest BCUT2D eigenvalue weighted by Gasteiger charge is 2.26. The van der Waals surface area contributed by atoms with E-state index in [0.29, 0.717) is 0 Å². The van der Waals surface area contributed by atoms with Crippen LogP contribution in [0.15, 0.2) is 0 Å². The highest BCUT2D eigenvalue weighted by atomic mass is 16.5. The maximum absolute atomic E-state index is 11.0. The van der Waals surface area contributed by atoms with Crippen molar-refractivity contribution in [2.45, 2.75) is 58.1 Å². The Kier molecular flexibility index (Phi) is 4.59. The molecule has 1 aliphatic carbocycles. The lowest BCUT2D eigenvalue weighted by Crippen LogP contribution is -2.43. The summed E-state index contributed by atoms with van der Waals surface area (Å²) in [5.74, 6) is -0.323. The molecule has 0 radical (unpaired) electrons. The standard InChI is InChI=1S/C11H19NO3/c1-8(13)12-10-6-4-3-5-7-11(10)15-9(2)14/h10-11H,3-7H2,1-2H3,(H,12,13)/t10-,11-/m0/s1. The third kappa shape index (κ3) is 4.32. The van der Waals surface area contributed by atoms with E-state index in [0.717, 1.165) is 32.1 Å². The molecule has 1 aliphatic rings. The van der Waals surface area contributed by atoms with Gasteiger partial charge in [0, 0.05) is 13.8 Å². The van der Waals surface area contributed by atoms with Gasteiger partial charge in [0.15, 0.2) is 0 Å². The zero-order valence-corrected chi connectivity index (χ0v) is 9.41. The van der Waals surface area contributed by atoms with E-state index in [1.165, 1.54) is 13.8 Å². The number of amides is 1. The first-order chi connectivity index (χ1) is 7.09. The van der Waals surface area contributed by atoms with Gasteiger partial charge in [-0.15, -0.1) is 0 Å². The molecular formula is C11H19NO3. The quantitative estimate of drug-likeness (QED) is 0.557. The first-order valence-corrected chi connectivity index (χ1v) is 5.54. The van der Waals surface area contributed by atoms with E-state index in [-0.39, 0.29) is 24.0 Å². The summed E-state index contributed by atoms with van der Waals surface area (Å²) >= 11 is 0. The lowest BCUT2D eigenvalue weighted by Gasteiger charge is -2.25. The van der Waals surface area contributed by atoms with Crippen LogP contribution >= 0.6 is 0 Å². The van der Waals surface area contributed by atoms with Crippen molar-refractivity contribution in [2.75, 3.05) is 0 Å². The van der Waals surface area contributed by atoms with Crippen LogP contribution in [0.2, 0.25) is 0 Å². The number of nitrogens with one attached hydrogen (secondary N) is 1. The lowest BCUT2D eigenvalue weighted by atomic mass is 10.1. The van der Waals surface area contributed by atoms with E-state index >= 15 is 0 Å². The molecule has 0 heterocycles. The van der Waals surface area contributed by atoms with Crippen LogP contribution in [0.5, 0.6) is 0 Å². The number of hydrogen-bond acceptors (Lipinski definition) is 3. The number of rotatable bonds is 2. The maximum atomic E-state index is 11.0. The first kappa shape index (κ1) is 12.0. The minimum atomic E-state index is -0.266. The van der Waals surface area contributed by atoms with Crippen molar-refractivity contribution in [1.29, 1.82) is 0 Å². The van der Waals surface area contributed by atoms with Crippen LogP contribution in [0.1, 0.15) is 46.0 Å². The fourth-order valence-electron chi connectivity index (χ4n) is 2.05. The molecule has 0 aliphatic heterocycles. The summed E-state index contributed by atoms with van der Waals surface area (Å²) in [7, 11) is 0. The topological polar surface area (TPSA) is 55.4 Å². The number of ether oxygens (including phenoxy) is 1. The number of esters is 1. The van der Waals surface area contributed by atoms with Crippen LogP contribution in [-0.4, -0.2) is 24.0 Å². The van der Waals surface area contributed by atoms with Crippen molar-refractivity contribution in [3.05, 3.63) is 0 Å². The Morgan fingerprint density at radius 1 is 1.13 bits per heavy atom. The molecule has 1 N–H and O–H groups in total. The summed E-state index contributed by atoms with van der Waals surface area (Å²) < 4.78 is 5.23. The van der Waals surface area contributed by atoms with Gasteiger partial charge in [-0.2, -0.15) is 0 Å². The second-order valence-corrected chi connectivity index (χ2v) is 4.09. The monoisotopic (exact) mass is 213 g/mol. The van der Waals surface area contributed by atoms with E-state index in [1.54, 1.807) is 0 Å². The maximum Gasteiger partial charge on any atom is 0.302 e. The molecule has 86 valence electrons. The highest BCUT2D eigenvalue weighted by Crippen LogP contribution is 2.20. The minimum absolute atomic E-state index is 0.00565. The lowest BCUT2D eigenvalue weighted by molar-refractivity contribution is -0.149. The van der Waals surface area contributed by atoms with Gasteiger partial charge in [0.25, 0.3) is 0 Å². The Morgan fingerprint density at radius 2 is 1.80 bits per heavy atom. The molecular weight excluding hydrogens is 194 g/mol. The van der Waals surface area contributed by atoms with Gasteiger partial charge in [-0.1, -0.05) is 12.8 Å². The molecule has 0 aromatic rings.